The van der Waals surface area contributed by atoms with Gasteiger partial charge in [-0.2, -0.15) is 0 Å². The summed E-state index contributed by atoms with van der Waals surface area (Å²) in [5.74, 6) is 6.85. The zero-order valence-corrected chi connectivity index (χ0v) is 25.9. The van der Waals surface area contributed by atoms with E-state index in [1.54, 1.807) is 13.8 Å². The molecular weight excluding hydrogens is 487 g/mol. The van der Waals surface area contributed by atoms with Crippen molar-refractivity contribution in [3.63, 3.8) is 0 Å². The van der Waals surface area contributed by atoms with Gasteiger partial charge in [0.2, 0.25) is 0 Å². The van der Waals surface area contributed by atoms with Gasteiger partial charge >= 0.3 is 0 Å². The van der Waals surface area contributed by atoms with Gasteiger partial charge in [-0.1, -0.05) is 84.5 Å². The Morgan fingerprint density at radius 1 is 1.16 bits per heavy atom. The molecular formula is C30H56ClFN4O. The molecule has 0 aliphatic rings. The molecule has 3 unspecified atom stereocenters. The second-order valence-corrected chi connectivity index (χ2v) is 9.84. The molecule has 7 heteroatoms. The molecule has 1 aromatic rings. The van der Waals surface area contributed by atoms with Crippen LogP contribution in [0.5, 0.6) is 0 Å². The zero-order valence-electron chi connectivity index (χ0n) is 25.1. The number of unbranched alkanes of at least 4 members (excludes halogenated alkanes) is 2. The molecule has 1 aromatic carbocycles. The van der Waals surface area contributed by atoms with Crippen LogP contribution in [0.15, 0.2) is 35.7 Å². The van der Waals surface area contributed by atoms with Crippen LogP contribution in [0.1, 0.15) is 106 Å². The number of halogens is 2. The van der Waals surface area contributed by atoms with Gasteiger partial charge < -0.3 is 21.2 Å². The smallest absolute Gasteiger partial charge is 0.113 e. The lowest BCUT2D eigenvalue weighted by Gasteiger charge is -2.30. The van der Waals surface area contributed by atoms with Gasteiger partial charge in [-0.25, -0.2) is 10.2 Å². The quantitative estimate of drug-likeness (QED) is 0.0758. The SMILES string of the molecule is C#CO.CC.CCC(C)/C(C)=C(\NN)NC(CC(C)C(C)(C)F)c1ccc(Cl)cc1.CCCCCNC. The molecule has 6 N–H and O–H groups in total. The summed E-state index contributed by atoms with van der Waals surface area (Å²) in [7, 11) is 2.00. The number of nitrogens with one attached hydrogen (secondary N) is 3. The van der Waals surface area contributed by atoms with E-state index in [2.05, 4.69) is 50.2 Å². The van der Waals surface area contributed by atoms with Crippen molar-refractivity contribution in [2.45, 2.75) is 106 Å². The molecule has 37 heavy (non-hydrogen) atoms. The van der Waals surface area contributed by atoms with Crippen LogP contribution in [-0.2, 0) is 0 Å². The van der Waals surface area contributed by atoms with Gasteiger partial charge in [0.25, 0.3) is 0 Å². The van der Waals surface area contributed by atoms with Gasteiger partial charge in [0.1, 0.15) is 17.6 Å². The largest absolute Gasteiger partial charge is 0.462 e. The van der Waals surface area contributed by atoms with E-state index >= 15 is 0 Å². The molecule has 0 saturated carbocycles. The molecule has 0 spiro atoms. The van der Waals surface area contributed by atoms with Gasteiger partial charge in [-0.15, -0.1) is 0 Å². The van der Waals surface area contributed by atoms with E-state index in [0.717, 1.165) is 23.4 Å². The Bertz CT molecular complexity index is 723. The maximum Gasteiger partial charge on any atom is 0.113 e. The van der Waals surface area contributed by atoms with Crippen molar-refractivity contribution in [3.8, 4) is 12.5 Å². The van der Waals surface area contributed by atoms with Gasteiger partial charge in [0.15, 0.2) is 0 Å². The highest BCUT2D eigenvalue weighted by atomic mass is 35.5. The van der Waals surface area contributed by atoms with E-state index in [4.69, 9.17) is 22.6 Å². The van der Waals surface area contributed by atoms with Crippen LogP contribution in [0.4, 0.5) is 4.39 Å². The lowest BCUT2D eigenvalue weighted by molar-refractivity contribution is 0.121. The van der Waals surface area contributed by atoms with E-state index < -0.39 is 5.67 Å². The normalized spacial score (nSPS) is 13.4. The number of hydrogen-bond acceptors (Lipinski definition) is 5. The molecule has 0 aliphatic heterocycles. The van der Waals surface area contributed by atoms with Crippen molar-refractivity contribution < 1.29 is 9.50 Å². The predicted molar refractivity (Wildman–Crippen MR) is 161 cm³/mol. The Hall–Kier alpha value is -1.94. The average Bonchev–Trinajstić information content (AvgIpc) is 2.88. The summed E-state index contributed by atoms with van der Waals surface area (Å²) < 4.78 is 14.4. The van der Waals surface area contributed by atoms with Crippen molar-refractivity contribution in [1.82, 2.24) is 16.1 Å². The van der Waals surface area contributed by atoms with Crippen molar-refractivity contribution in [3.05, 3.63) is 46.2 Å². The summed E-state index contributed by atoms with van der Waals surface area (Å²) in [6.45, 7) is 19.0. The summed E-state index contributed by atoms with van der Waals surface area (Å²) in [6, 6.07) is 7.61. The summed E-state index contributed by atoms with van der Waals surface area (Å²) in [5, 5.41) is 14.4. The Kier molecular flexibility index (Phi) is 26.1. The molecule has 0 radical (unpaired) electrons. The fraction of sp³-hybridized carbons (Fsp3) is 0.667. The van der Waals surface area contributed by atoms with Crippen LogP contribution in [0.3, 0.4) is 0 Å². The Morgan fingerprint density at radius 2 is 1.68 bits per heavy atom. The average molecular weight is 543 g/mol. The van der Waals surface area contributed by atoms with Crippen molar-refractivity contribution in [2.24, 2.45) is 17.7 Å². The minimum atomic E-state index is -1.25. The second-order valence-electron chi connectivity index (χ2n) is 9.40. The number of aliphatic hydroxyl groups excluding tert-OH is 1. The molecule has 0 amide bonds. The fourth-order valence-corrected chi connectivity index (χ4v) is 3.28. The molecule has 0 heterocycles. The standard InChI is InChI=1S/C20H33ClFN3.C6H15N.C2H2O.C2H6/c1-7-13(2)15(4)19(25-23)24-18(12-14(3)20(5,6)22)16-8-10-17(21)11-9-16;1-3-4-5-6-7-2;1-2-3;1-2/h8-11,13-14,18,24-25H,7,12,23H2,1-6H3;7H,3-6H2,1-2H3;1,3H;1-2H3/b19-15-;;;. The molecule has 1 rings (SSSR count). The van der Waals surface area contributed by atoms with Crippen LogP contribution < -0.4 is 21.9 Å². The zero-order chi connectivity index (χ0) is 29.4. The molecule has 0 aliphatic carbocycles. The first-order valence-electron chi connectivity index (χ1n) is 13.6. The van der Waals surface area contributed by atoms with Crippen LogP contribution in [0.2, 0.25) is 5.02 Å². The number of nitrogens with two attached hydrogens (primary N) is 1. The van der Waals surface area contributed by atoms with Crippen molar-refractivity contribution >= 4 is 11.6 Å². The third-order valence-electron chi connectivity index (χ3n) is 6.27. The first-order chi connectivity index (χ1) is 17.4. The highest BCUT2D eigenvalue weighted by Gasteiger charge is 2.28. The number of aliphatic hydroxyl groups is 1. The third kappa shape index (κ3) is 19.8. The molecule has 0 saturated heterocycles. The third-order valence-corrected chi connectivity index (χ3v) is 6.52. The molecule has 0 bridgehead atoms. The number of terminal acetylenes is 1. The molecule has 216 valence electrons. The second kappa shape index (κ2) is 24.4. The van der Waals surface area contributed by atoms with E-state index in [1.807, 2.05) is 52.1 Å². The van der Waals surface area contributed by atoms with Crippen LogP contribution in [-0.4, -0.2) is 24.4 Å². The molecule has 0 aromatic heterocycles. The van der Waals surface area contributed by atoms with E-state index in [1.165, 1.54) is 31.9 Å². The molecule has 0 fully saturated rings. The lowest BCUT2D eigenvalue weighted by atomic mass is 9.86. The Balaban J connectivity index is -0.000000806. The van der Waals surface area contributed by atoms with Gasteiger partial charge in [0.05, 0.1) is 6.04 Å². The van der Waals surface area contributed by atoms with E-state index in [0.29, 0.717) is 17.4 Å². The minimum Gasteiger partial charge on any atom is -0.462 e. The number of rotatable bonds is 13. The predicted octanol–water partition coefficient (Wildman–Crippen LogP) is 7.86. The Labute approximate surface area is 233 Å². The number of benzene rings is 1. The summed E-state index contributed by atoms with van der Waals surface area (Å²) >= 11 is 6.02. The summed E-state index contributed by atoms with van der Waals surface area (Å²) in [4.78, 5) is 0. The van der Waals surface area contributed by atoms with E-state index in [-0.39, 0.29) is 12.0 Å². The van der Waals surface area contributed by atoms with Crippen LogP contribution in [0.25, 0.3) is 0 Å². The first kappa shape index (κ1) is 39.6. The van der Waals surface area contributed by atoms with Crippen molar-refractivity contribution in [1.29, 1.82) is 0 Å². The highest BCUT2D eigenvalue weighted by Crippen LogP contribution is 2.32. The highest BCUT2D eigenvalue weighted by molar-refractivity contribution is 6.30. The molecule has 5 nitrogen and oxygen atoms in total. The van der Waals surface area contributed by atoms with Crippen molar-refractivity contribution in [2.75, 3.05) is 13.6 Å². The van der Waals surface area contributed by atoms with Crippen LogP contribution >= 0.6 is 11.6 Å². The maximum absolute atomic E-state index is 14.4. The minimum absolute atomic E-state index is 0.0626. The topological polar surface area (TPSA) is 82.3 Å². The summed E-state index contributed by atoms with van der Waals surface area (Å²) in [6.07, 6.45) is 11.1. The summed E-state index contributed by atoms with van der Waals surface area (Å²) in [5.41, 5.74) is 3.76. The maximum atomic E-state index is 14.4. The van der Waals surface area contributed by atoms with E-state index in [9.17, 15) is 4.39 Å². The molecule has 3 atom stereocenters. The monoisotopic (exact) mass is 542 g/mol. The number of hydrogen-bond donors (Lipinski definition) is 5. The fourth-order valence-electron chi connectivity index (χ4n) is 3.16. The van der Waals surface area contributed by atoms with Gasteiger partial charge in [0, 0.05) is 5.02 Å². The van der Waals surface area contributed by atoms with Crippen LogP contribution in [0, 0.1) is 24.4 Å². The first-order valence-corrected chi connectivity index (χ1v) is 13.9. The van der Waals surface area contributed by atoms with Gasteiger partial charge in [-0.3, -0.25) is 0 Å². The lowest BCUT2D eigenvalue weighted by Crippen LogP contribution is -2.37. The number of hydrazine groups is 1. The Morgan fingerprint density at radius 3 is 2.05 bits per heavy atom. The number of alkyl halides is 1. The van der Waals surface area contributed by atoms with Gasteiger partial charge in [-0.05, 0) is 88.7 Å². The number of allylic oxidation sites excluding steroid dienone is 1.